The van der Waals surface area contributed by atoms with Gasteiger partial charge in [-0.1, -0.05) is 0 Å². The molecule has 0 N–H and O–H groups in total. The van der Waals surface area contributed by atoms with Crippen LogP contribution >= 0.6 is 0 Å². The van der Waals surface area contributed by atoms with Crippen molar-refractivity contribution in [3.05, 3.63) is 24.1 Å². The topological polar surface area (TPSA) is 36.4 Å². The van der Waals surface area contributed by atoms with Gasteiger partial charge in [-0.3, -0.25) is 4.79 Å². The van der Waals surface area contributed by atoms with E-state index in [9.17, 15) is 9.18 Å². The summed E-state index contributed by atoms with van der Waals surface area (Å²) in [6.45, 7) is 4.48. The van der Waals surface area contributed by atoms with Crippen LogP contribution < -0.4 is 4.90 Å². The molecule has 1 fully saturated rings. The smallest absolute Gasteiger partial charge is 0.219 e. The minimum atomic E-state index is -0.328. The molecule has 1 amide bonds. The molecule has 0 radical (unpaired) electrons. The molecule has 2 heterocycles. The lowest BCUT2D eigenvalue weighted by Crippen LogP contribution is -2.48. The van der Waals surface area contributed by atoms with Gasteiger partial charge in [-0.2, -0.15) is 0 Å². The molecule has 1 aromatic heterocycles. The highest BCUT2D eigenvalue weighted by Crippen LogP contribution is 2.13. The molecule has 2 rings (SSSR count). The number of carbonyl (C=O) groups is 1. The predicted molar refractivity (Wildman–Crippen MR) is 58.7 cm³/mol. The lowest BCUT2D eigenvalue weighted by atomic mass is 10.3. The van der Waals surface area contributed by atoms with Gasteiger partial charge in [-0.15, -0.1) is 0 Å². The molecule has 0 unspecified atom stereocenters. The highest BCUT2D eigenvalue weighted by atomic mass is 19.1. The van der Waals surface area contributed by atoms with Gasteiger partial charge in [0.25, 0.3) is 0 Å². The van der Waals surface area contributed by atoms with Crippen LogP contribution in [0.5, 0.6) is 0 Å². The number of nitrogens with zero attached hydrogens (tertiary/aromatic N) is 3. The van der Waals surface area contributed by atoms with Gasteiger partial charge in [0, 0.05) is 33.1 Å². The Balaban J connectivity index is 1.99. The van der Waals surface area contributed by atoms with E-state index in [0.29, 0.717) is 13.1 Å². The molecule has 1 saturated heterocycles. The molecule has 4 nitrogen and oxygen atoms in total. The Morgan fingerprint density at radius 1 is 1.31 bits per heavy atom. The van der Waals surface area contributed by atoms with Gasteiger partial charge in [-0.25, -0.2) is 9.37 Å². The van der Waals surface area contributed by atoms with Gasteiger partial charge in [0.2, 0.25) is 5.91 Å². The number of rotatable bonds is 1. The second-order valence-electron chi connectivity index (χ2n) is 3.83. The number of hydrogen-bond donors (Lipinski definition) is 0. The second kappa shape index (κ2) is 4.47. The van der Waals surface area contributed by atoms with Crippen LogP contribution in [0.3, 0.4) is 0 Å². The summed E-state index contributed by atoms with van der Waals surface area (Å²) in [5.74, 6) is 0.544. The molecule has 0 aromatic carbocycles. The molecule has 0 saturated carbocycles. The Kier molecular flexibility index (Phi) is 3.03. The van der Waals surface area contributed by atoms with Crippen molar-refractivity contribution in [2.75, 3.05) is 31.1 Å². The fraction of sp³-hybridized carbons (Fsp3) is 0.455. The van der Waals surface area contributed by atoms with Crippen LogP contribution in [-0.4, -0.2) is 42.0 Å². The summed E-state index contributed by atoms with van der Waals surface area (Å²) < 4.78 is 12.7. The van der Waals surface area contributed by atoms with Crippen molar-refractivity contribution in [1.82, 2.24) is 9.88 Å². The SMILES string of the molecule is CC(=O)N1CCN(c2ccc(F)cn2)CC1. The van der Waals surface area contributed by atoms with Crippen LogP contribution in [0.2, 0.25) is 0 Å². The zero-order valence-corrected chi connectivity index (χ0v) is 9.19. The number of carbonyl (C=O) groups excluding carboxylic acids is 1. The Labute approximate surface area is 93.7 Å². The first-order chi connectivity index (χ1) is 7.66. The van der Waals surface area contributed by atoms with Crippen LogP contribution in [0, 0.1) is 5.82 Å². The number of aromatic nitrogens is 1. The molecule has 1 aliphatic heterocycles. The third kappa shape index (κ3) is 2.29. The minimum absolute atomic E-state index is 0.103. The van der Waals surface area contributed by atoms with Crippen LogP contribution in [0.4, 0.5) is 10.2 Å². The number of amides is 1. The molecule has 5 heteroatoms. The highest BCUT2D eigenvalue weighted by molar-refractivity contribution is 5.73. The van der Waals surface area contributed by atoms with Crippen molar-refractivity contribution in [2.24, 2.45) is 0 Å². The largest absolute Gasteiger partial charge is 0.353 e. The fourth-order valence-electron chi connectivity index (χ4n) is 1.81. The molecule has 0 aliphatic carbocycles. The van der Waals surface area contributed by atoms with E-state index >= 15 is 0 Å². The Morgan fingerprint density at radius 3 is 2.50 bits per heavy atom. The van der Waals surface area contributed by atoms with Gasteiger partial charge in [-0.05, 0) is 12.1 Å². The van der Waals surface area contributed by atoms with Crippen molar-refractivity contribution in [2.45, 2.75) is 6.92 Å². The molecule has 1 aromatic rings. The van der Waals surface area contributed by atoms with Crippen LogP contribution in [0.15, 0.2) is 18.3 Å². The Morgan fingerprint density at radius 2 is 2.00 bits per heavy atom. The fourth-order valence-corrected chi connectivity index (χ4v) is 1.81. The van der Waals surface area contributed by atoms with E-state index in [1.54, 1.807) is 17.9 Å². The standard InChI is InChI=1S/C11H14FN3O/c1-9(16)14-4-6-15(7-5-14)11-3-2-10(12)8-13-11/h2-3,8H,4-7H2,1H3. The van der Waals surface area contributed by atoms with E-state index < -0.39 is 0 Å². The van der Waals surface area contributed by atoms with E-state index in [0.717, 1.165) is 18.9 Å². The lowest BCUT2D eigenvalue weighted by molar-refractivity contribution is -0.129. The molecule has 0 bridgehead atoms. The maximum absolute atomic E-state index is 12.7. The molecular formula is C11H14FN3O. The van der Waals surface area contributed by atoms with Gasteiger partial charge in [0.05, 0.1) is 6.20 Å². The first kappa shape index (κ1) is 10.9. The van der Waals surface area contributed by atoms with Crippen molar-refractivity contribution in [3.63, 3.8) is 0 Å². The third-order valence-corrected chi connectivity index (χ3v) is 2.76. The first-order valence-electron chi connectivity index (χ1n) is 5.29. The highest BCUT2D eigenvalue weighted by Gasteiger charge is 2.19. The summed E-state index contributed by atoms with van der Waals surface area (Å²) in [7, 11) is 0. The van der Waals surface area contributed by atoms with Gasteiger partial charge >= 0.3 is 0 Å². The molecule has 86 valence electrons. The molecule has 0 spiro atoms. The predicted octanol–water partition coefficient (Wildman–Crippen LogP) is 0.889. The lowest BCUT2D eigenvalue weighted by Gasteiger charge is -2.34. The minimum Gasteiger partial charge on any atom is -0.353 e. The summed E-state index contributed by atoms with van der Waals surface area (Å²) in [5, 5.41) is 0. The van der Waals surface area contributed by atoms with Gasteiger partial charge < -0.3 is 9.80 Å². The number of piperazine rings is 1. The van der Waals surface area contributed by atoms with Crippen LogP contribution in [0.1, 0.15) is 6.92 Å². The third-order valence-electron chi connectivity index (χ3n) is 2.76. The number of pyridine rings is 1. The number of anilines is 1. The first-order valence-corrected chi connectivity index (χ1v) is 5.29. The van der Waals surface area contributed by atoms with Crippen molar-refractivity contribution >= 4 is 11.7 Å². The van der Waals surface area contributed by atoms with Gasteiger partial charge in [0.1, 0.15) is 11.6 Å². The van der Waals surface area contributed by atoms with Crippen LogP contribution in [0.25, 0.3) is 0 Å². The van der Waals surface area contributed by atoms with E-state index in [2.05, 4.69) is 9.88 Å². The van der Waals surface area contributed by atoms with Crippen molar-refractivity contribution < 1.29 is 9.18 Å². The van der Waals surface area contributed by atoms with Crippen LogP contribution in [-0.2, 0) is 4.79 Å². The van der Waals surface area contributed by atoms with Crippen molar-refractivity contribution in [3.8, 4) is 0 Å². The van der Waals surface area contributed by atoms with Gasteiger partial charge in [0.15, 0.2) is 0 Å². The summed E-state index contributed by atoms with van der Waals surface area (Å²) in [4.78, 5) is 19.0. The number of halogens is 1. The molecular weight excluding hydrogens is 209 g/mol. The summed E-state index contributed by atoms with van der Waals surface area (Å²) in [6.07, 6.45) is 1.21. The zero-order valence-electron chi connectivity index (χ0n) is 9.19. The van der Waals surface area contributed by atoms with E-state index in [4.69, 9.17) is 0 Å². The molecule has 1 aliphatic rings. The average Bonchev–Trinajstić information content (AvgIpc) is 2.30. The Bertz CT molecular complexity index is 371. The van der Waals surface area contributed by atoms with E-state index in [1.807, 2.05) is 0 Å². The average molecular weight is 223 g/mol. The maximum Gasteiger partial charge on any atom is 0.219 e. The quantitative estimate of drug-likeness (QED) is 0.709. The molecule has 0 atom stereocenters. The molecule has 16 heavy (non-hydrogen) atoms. The number of hydrogen-bond acceptors (Lipinski definition) is 3. The maximum atomic E-state index is 12.7. The summed E-state index contributed by atoms with van der Waals surface area (Å²) in [6, 6.07) is 3.07. The van der Waals surface area contributed by atoms with E-state index in [-0.39, 0.29) is 11.7 Å². The zero-order chi connectivity index (χ0) is 11.5. The second-order valence-corrected chi connectivity index (χ2v) is 3.83. The monoisotopic (exact) mass is 223 g/mol. The summed E-state index contributed by atoms with van der Waals surface area (Å²) >= 11 is 0. The van der Waals surface area contributed by atoms with Crippen molar-refractivity contribution in [1.29, 1.82) is 0 Å². The van der Waals surface area contributed by atoms with E-state index in [1.165, 1.54) is 12.3 Å². The normalized spacial score (nSPS) is 16.4. The summed E-state index contributed by atoms with van der Waals surface area (Å²) in [5.41, 5.74) is 0. The Hall–Kier alpha value is -1.65.